The number of carbonyl (C=O) groups excluding carboxylic acids is 2. The highest BCUT2D eigenvalue weighted by Crippen LogP contribution is 2.18. The fraction of sp³-hybridized carbons (Fsp3) is 0.474. The van der Waals surface area contributed by atoms with Crippen molar-refractivity contribution in [1.29, 1.82) is 0 Å². The fourth-order valence-corrected chi connectivity index (χ4v) is 3.43. The molecule has 0 atom stereocenters. The third kappa shape index (κ3) is 3.61. The Morgan fingerprint density at radius 2 is 2.00 bits per heavy atom. The molecular weight excluding hydrogens is 302 g/mol. The summed E-state index contributed by atoms with van der Waals surface area (Å²) in [5.74, 6) is 0.313. The minimum atomic E-state index is 0.0972. The molecule has 1 N–H and O–H groups in total. The third-order valence-corrected chi connectivity index (χ3v) is 5.11. The number of aryl methyl sites for hydroxylation is 1. The quantitative estimate of drug-likeness (QED) is 0.938. The third-order valence-electron chi connectivity index (χ3n) is 5.11. The molecule has 1 aliphatic heterocycles. The van der Waals surface area contributed by atoms with Crippen LogP contribution >= 0.6 is 0 Å². The normalized spacial score (nSPS) is 15.7. The van der Waals surface area contributed by atoms with Gasteiger partial charge >= 0.3 is 0 Å². The SMILES string of the molecule is CC(=O)N(C)C1CCN(C(=O)CCc2ccc3[nH]ccc3c2)CC1. The predicted molar refractivity (Wildman–Crippen MR) is 94.7 cm³/mol. The lowest BCUT2D eigenvalue weighted by Gasteiger charge is -2.36. The first-order valence-corrected chi connectivity index (χ1v) is 8.62. The van der Waals surface area contributed by atoms with Crippen LogP contribution in [0.2, 0.25) is 0 Å². The monoisotopic (exact) mass is 327 g/mol. The molecule has 0 spiro atoms. The van der Waals surface area contributed by atoms with Gasteiger partial charge < -0.3 is 14.8 Å². The molecule has 3 rings (SSSR count). The molecule has 0 radical (unpaired) electrons. The summed E-state index contributed by atoms with van der Waals surface area (Å²) >= 11 is 0. The summed E-state index contributed by atoms with van der Waals surface area (Å²) in [6.45, 7) is 3.09. The van der Waals surface area contributed by atoms with Crippen molar-refractivity contribution < 1.29 is 9.59 Å². The summed E-state index contributed by atoms with van der Waals surface area (Å²) in [6, 6.07) is 8.62. The fourth-order valence-electron chi connectivity index (χ4n) is 3.43. The number of benzene rings is 1. The summed E-state index contributed by atoms with van der Waals surface area (Å²) in [7, 11) is 1.85. The maximum absolute atomic E-state index is 12.4. The zero-order valence-corrected chi connectivity index (χ0v) is 14.4. The number of aromatic nitrogens is 1. The van der Waals surface area contributed by atoms with Crippen molar-refractivity contribution >= 4 is 22.7 Å². The van der Waals surface area contributed by atoms with Crippen molar-refractivity contribution in [3.8, 4) is 0 Å². The number of nitrogens with one attached hydrogen (secondary N) is 1. The van der Waals surface area contributed by atoms with Crippen LogP contribution in [-0.2, 0) is 16.0 Å². The summed E-state index contributed by atoms with van der Waals surface area (Å²) in [5.41, 5.74) is 2.32. The number of likely N-dealkylation sites (tertiary alicyclic amines) is 1. The highest BCUT2D eigenvalue weighted by molar-refractivity contribution is 5.80. The molecule has 1 saturated heterocycles. The number of aromatic amines is 1. The largest absolute Gasteiger partial charge is 0.361 e. The highest BCUT2D eigenvalue weighted by Gasteiger charge is 2.25. The van der Waals surface area contributed by atoms with Crippen molar-refractivity contribution in [2.45, 2.75) is 38.6 Å². The molecule has 2 amide bonds. The van der Waals surface area contributed by atoms with Crippen molar-refractivity contribution in [3.05, 3.63) is 36.0 Å². The maximum atomic E-state index is 12.4. The number of nitrogens with zero attached hydrogens (tertiary/aromatic N) is 2. The van der Waals surface area contributed by atoms with Crippen LogP contribution in [0.15, 0.2) is 30.5 Å². The highest BCUT2D eigenvalue weighted by atomic mass is 16.2. The smallest absolute Gasteiger partial charge is 0.222 e. The van der Waals surface area contributed by atoms with Crippen molar-refractivity contribution in [1.82, 2.24) is 14.8 Å². The zero-order valence-electron chi connectivity index (χ0n) is 14.4. The van der Waals surface area contributed by atoms with E-state index >= 15 is 0 Å². The Bertz CT molecular complexity index is 729. The van der Waals surface area contributed by atoms with E-state index in [1.54, 1.807) is 11.8 Å². The van der Waals surface area contributed by atoms with Gasteiger partial charge in [-0.2, -0.15) is 0 Å². The van der Waals surface area contributed by atoms with Gasteiger partial charge in [-0.05, 0) is 48.4 Å². The van der Waals surface area contributed by atoms with E-state index in [1.165, 1.54) is 10.9 Å². The number of hydrogen-bond donors (Lipinski definition) is 1. The second-order valence-corrected chi connectivity index (χ2v) is 6.64. The first-order chi connectivity index (χ1) is 11.5. The van der Waals surface area contributed by atoms with E-state index in [-0.39, 0.29) is 17.9 Å². The van der Waals surface area contributed by atoms with Crippen LogP contribution in [-0.4, -0.2) is 52.8 Å². The lowest BCUT2D eigenvalue weighted by molar-refractivity contribution is -0.134. The molecule has 128 valence electrons. The van der Waals surface area contributed by atoms with Crippen LogP contribution in [0.4, 0.5) is 0 Å². The van der Waals surface area contributed by atoms with Gasteiger partial charge in [-0.25, -0.2) is 0 Å². The molecule has 5 nitrogen and oxygen atoms in total. The van der Waals surface area contributed by atoms with Crippen molar-refractivity contribution in [2.24, 2.45) is 0 Å². The second-order valence-electron chi connectivity index (χ2n) is 6.64. The molecule has 1 aliphatic rings. The average molecular weight is 327 g/mol. The Morgan fingerprint density at radius 1 is 1.25 bits per heavy atom. The molecule has 1 aromatic carbocycles. The second kappa shape index (κ2) is 7.07. The number of rotatable bonds is 4. The van der Waals surface area contributed by atoms with E-state index in [0.717, 1.165) is 37.9 Å². The van der Waals surface area contributed by atoms with Crippen LogP contribution < -0.4 is 0 Å². The number of H-pyrrole nitrogens is 1. The summed E-state index contributed by atoms with van der Waals surface area (Å²) in [6.07, 6.45) is 4.99. The van der Waals surface area contributed by atoms with E-state index in [0.29, 0.717) is 6.42 Å². The number of carbonyl (C=O) groups is 2. The molecular formula is C19H25N3O2. The van der Waals surface area contributed by atoms with Gasteiger partial charge in [0.15, 0.2) is 0 Å². The van der Waals surface area contributed by atoms with E-state index in [4.69, 9.17) is 0 Å². The van der Waals surface area contributed by atoms with Gasteiger partial charge in [-0.1, -0.05) is 6.07 Å². The van der Waals surface area contributed by atoms with Gasteiger partial charge in [0.2, 0.25) is 11.8 Å². The van der Waals surface area contributed by atoms with Gasteiger partial charge in [0.1, 0.15) is 0 Å². The Hall–Kier alpha value is -2.30. The van der Waals surface area contributed by atoms with Crippen LogP contribution in [0.1, 0.15) is 31.7 Å². The maximum Gasteiger partial charge on any atom is 0.222 e. The van der Waals surface area contributed by atoms with Gasteiger partial charge in [0.05, 0.1) is 0 Å². The molecule has 2 heterocycles. The molecule has 0 saturated carbocycles. The van der Waals surface area contributed by atoms with Crippen molar-refractivity contribution in [3.63, 3.8) is 0 Å². The summed E-state index contributed by atoms with van der Waals surface area (Å²) in [4.78, 5) is 30.8. The first kappa shape index (κ1) is 16.6. The Morgan fingerprint density at radius 3 is 2.71 bits per heavy atom. The van der Waals surface area contributed by atoms with Crippen LogP contribution in [0, 0.1) is 0 Å². The topological polar surface area (TPSA) is 56.4 Å². The summed E-state index contributed by atoms with van der Waals surface area (Å²) < 4.78 is 0. The van der Waals surface area contributed by atoms with Gasteiger partial charge in [-0.15, -0.1) is 0 Å². The van der Waals surface area contributed by atoms with Gasteiger partial charge in [0.25, 0.3) is 0 Å². The number of fused-ring (bicyclic) bond motifs is 1. The minimum Gasteiger partial charge on any atom is -0.361 e. The molecule has 0 aliphatic carbocycles. The van der Waals surface area contributed by atoms with Gasteiger partial charge in [-0.3, -0.25) is 9.59 Å². The van der Waals surface area contributed by atoms with Crippen LogP contribution in [0.5, 0.6) is 0 Å². The number of hydrogen-bond acceptors (Lipinski definition) is 2. The Kier molecular flexibility index (Phi) is 4.88. The number of amides is 2. The standard InChI is InChI=1S/C19H25N3O2/c1-14(23)21(2)17-8-11-22(12-9-17)19(24)6-4-15-3-5-18-16(13-15)7-10-20-18/h3,5,7,10,13,17,20H,4,6,8-9,11-12H2,1-2H3. The van der Waals surface area contributed by atoms with Crippen LogP contribution in [0.3, 0.4) is 0 Å². The molecule has 1 aromatic heterocycles. The molecule has 24 heavy (non-hydrogen) atoms. The predicted octanol–water partition coefficient (Wildman–Crippen LogP) is 2.57. The molecule has 2 aromatic rings. The lowest BCUT2D eigenvalue weighted by Crippen LogP contribution is -2.46. The van der Waals surface area contributed by atoms with E-state index in [2.05, 4.69) is 29.2 Å². The minimum absolute atomic E-state index is 0.0972. The first-order valence-electron chi connectivity index (χ1n) is 8.62. The van der Waals surface area contributed by atoms with Crippen LogP contribution in [0.25, 0.3) is 10.9 Å². The Balaban J connectivity index is 1.50. The molecule has 0 unspecified atom stereocenters. The number of piperidine rings is 1. The molecule has 0 bridgehead atoms. The average Bonchev–Trinajstić information content (AvgIpc) is 3.06. The van der Waals surface area contributed by atoms with Gasteiger partial charge in [0, 0.05) is 51.2 Å². The summed E-state index contributed by atoms with van der Waals surface area (Å²) in [5, 5.41) is 1.19. The van der Waals surface area contributed by atoms with E-state index in [1.807, 2.05) is 18.1 Å². The molecule has 5 heteroatoms. The lowest BCUT2D eigenvalue weighted by atomic mass is 10.0. The Labute approximate surface area is 142 Å². The molecule has 1 fully saturated rings. The van der Waals surface area contributed by atoms with E-state index in [9.17, 15) is 9.59 Å². The zero-order chi connectivity index (χ0) is 17.1. The van der Waals surface area contributed by atoms with Crippen molar-refractivity contribution in [2.75, 3.05) is 20.1 Å². The van der Waals surface area contributed by atoms with E-state index < -0.39 is 0 Å².